The Bertz CT molecular complexity index is 230. The number of rotatable bonds is 3. The van der Waals surface area contributed by atoms with Gasteiger partial charge in [-0.25, -0.2) is 0 Å². The molecular weight excluding hydrogens is 140 g/mol. The molecule has 0 aliphatic rings. The lowest BCUT2D eigenvalue weighted by atomic mass is 10.2. The van der Waals surface area contributed by atoms with Crippen LogP contribution in [0.25, 0.3) is 0 Å². The summed E-state index contributed by atoms with van der Waals surface area (Å²) in [6, 6.07) is 3.90. The molecule has 1 rings (SSSR count). The third-order valence-electron chi connectivity index (χ3n) is 1.43. The number of nitroso groups, excluding NO2 is 1. The third kappa shape index (κ3) is 2.45. The van der Waals surface area contributed by atoms with Crippen LogP contribution in [0.15, 0.2) is 23.5 Å². The Morgan fingerprint density at radius 3 is 2.91 bits per heavy atom. The highest BCUT2D eigenvalue weighted by Crippen LogP contribution is 1.98. The Kier molecular flexibility index (Phi) is 2.72. The Balaban J connectivity index is 2.58. The smallest absolute Gasteiger partial charge is 0.0866 e. The average Bonchev–Trinajstić information content (AvgIpc) is 2.04. The molecule has 3 nitrogen and oxygen atoms in total. The van der Waals surface area contributed by atoms with Crippen LogP contribution in [0.3, 0.4) is 0 Å². The molecule has 0 atom stereocenters. The van der Waals surface area contributed by atoms with Crippen molar-refractivity contribution in [3.05, 3.63) is 34.5 Å². The van der Waals surface area contributed by atoms with Crippen LogP contribution in [0.4, 0.5) is 0 Å². The van der Waals surface area contributed by atoms with Gasteiger partial charge >= 0.3 is 0 Å². The summed E-state index contributed by atoms with van der Waals surface area (Å²) in [6.45, 7) is 2.30. The molecule has 0 spiro atoms. The highest BCUT2D eigenvalue weighted by Gasteiger charge is 1.92. The van der Waals surface area contributed by atoms with Crippen molar-refractivity contribution in [1.29, 1.82) is 0 Å². The minimum atomic E-state index is 0.316. The lowest BCUT2D eigenvalue weighted by Gasteiger charge is -1.95. The maximum absolute atomic E-state index is 9.77. The van der Waals surface area contributed by atoms with Crippen molar-refractivity contribution in [2.75, 3.05) is 6.54 Å². The van der Waals surface area contributed by atoms with Gasteiger partial charge in [-0.1, -0.05) is 11.2 Å². The molecule has 0 saturated heterocycles. The van der Waals surface area contributed by atoms with Gasteiger partial charge in [-0.3, -0.25) is 4.98 Å². The average molecular weight is 150 g/mol. The lowest BCUT2D eigenvalue weighted by Crippen LogP contribution is -1.92. The minimum Gasteiger partial charge on any atom is -0.261 e. The van der Waals surface area contributed by atoms with E-state index in [0.717, 1.165) is 11.3 Å². The summed E-state index contributed by atoms with van der Waals surface area (Å²) in [5.41, 5.74) is 2.06. The molecule has 1 heterocycles. The number of hydrogen-bond acceptors (Lipinski definition) is 3. The molecule has 58 valence electrons. The monoisotopic (exact) mass is 150 g/mol. The second-order valence-corrected chi connectivity index (χ2v) is 2.43. The first-order chi connectivity index (χ1) is 5.33. The van der Waals surface area contributed by atoms with Crippen LogP contribution >= 0.6 is 0 Å². The van der Waals surface area contributed by atoms with Gasteiger partial charge in [-0.2, -0.15) is 4.91 Å². The van der Waals surface area contributed by atoms with E-state index in [1.807, 2.05) is 19.1 Å². The van der Waals surface area contributed by atoms with Gasteiger partial charge in [0.05, 0.1) is 6.54 Å². The summed E-state index contributed by atoms with van der Waals surface area (Å²) in [7, 11) is 0. The highest BCUT2D eigenvalue weighted by molar-refractivity contribution is 5.12. The van der Waals surface area contributed by atoms with Crippen LogP contribution in [0, 0.1) is 11.8 Å². The van der Waals surface area contributed by atoms with Crippen molar-refractivity contribution in [2.24, 2.45) is 5.18 Å². The van der Waals surface area contributed by atoms with Crippen LogP contribution in [0.5, 0.6) is 0 Å². The molecule has 11 heavy (non-hydrogen) atoms. The van der Waals surface area contributed by atoms with Gasteiger partial charge in [-0.05, 0) is 18.6 Å². The number of aromatic nitrogens is 1. The largest absolute Gasteiger partial charge is 0.261 e. The van der Waals surface area contributed by atoms with E-state index in [4.69, 9.17) is 0 Å². The summed E-state index contributed by atoms with van der Waals surface area (Å²) in [4.78, 5) is 13.9. The van der Waals surface area contributed by atoms with E-state index < -0.39 is 0 Å². The minimum absolute atomic E-state index is 0.316. The highest BCUT2D eigenvalue weighted by atomic mass is 16.3. The summed E-state index contributed by atoms with van der Waals surface area (Å²) in [5, 5.41) is 2.76. The summed E-state index contributed by atoms with van der Waals surface area (Å²) >= 11 is 0. The van der Waals surface area contributed by atoms with Crippen LogP contribution < -0.4 is 0 Å². The van der Waals surface area contributed by atoms with Gasteiger partial charge in [-0.15, -0.1) is 0 Å². The molecule has 0 fully saturated rings. The van der Waals surface area contributed by atoms with E-state index >= 15 is 0 Å². The van der Waals surface area contributed by atoms with Crippen LogP contribution in [0.1, 0.15) is 11.3 Å². The summed E-state index contributed by atoms with van der Waals surface area (Å²) in [6.07, 6.45) is 2.43. The topological polar surface area (TPSA) is 42.3 Å². The molecule has 0 aliphatic heterocycles. The van der Waals surface area contributed by atoms with Crippen molar-refractivity contribution < 1.29 is 0 Å². The number of aryl methyl sites for hydroxylation is 1. The predicted molar refractivity (Wildman–Crippen MR) is 43.3 cm³/mol. The first kappa shape index (κ1) is 7.85. The van der Waals surface area contributed by atoms with Crippen molar-refractivity contribution in [1.82, 2.24) is 4.98 Å². The molecule has 0 bridgehead atoms. The summed E-state index contributed by atoms with van der Waals surface area (Å²) in [5.74, 6) is 0. The van der Waals surface area contributed by atoms with Crippen molar-refractivity contribution in [3.8, 4) is 0 Å². The van der Waals surface area contributed by atoms with E-state index in [2.05, 4.69) is 10.2 Å². The van der Waals surface area contributed by atoms with Gasteiger partial charge in [0.25, 0.3) is 0 Å². The van der Waals surface area contributed by atoms with E-state index in [-0.39, 0.29) is 0 Å². The van der Waals surface area contributed by atoms with Crippen molar-refractivity contribution in [3.63, 3.8) is 0 Å². The molecule has 1 aromatic heterocycles. The maximum Gasteiger partial charge on any atom is 0.0866 e. The van der Waals surface area contributed by atoms with Crippen molar-refractivity contribution >= 4 is 0 Å². The van der Waals surface area contributed by atoms with Crippen LogP contribution in [0.2, 0.25) is 0 Å². The second kappa shape index (κ2) is 3.81. The van der Waals surface area contributed by atoms with Crippen LogP contribution in [-0.2, 0) is 6.42 Å². The van der Waals surface area contributed by atoms with Gasteiger partial charge in [0.15, 0.2) is 0 Å². The van der Waals surface area contributed by atoms with Crippen LogP contribution in [-0.4, -0.2) is 11.5 Å². The molecule has 0 aliphatic carbocycles. The summed E-state index contributed by atoms with van der Waals surface area (Å²) < 4.78 is 0. The normalized spacial score (nSPS) is 9.55. The Morgan fingerprint density at radius 1 is 1.55 bits per heavy atom. The van der Waals surface area contributed by atoms with Gasteiger partial charge in [0.2, 0.25) is 0 Å². The molecule has 0 aromatic carbocycles. The lowest BCUT2D eigenvalue weighted by molar-refractivity contribution is 0.915. The maximum atomic E-state index is 9.77. The number of pyridine rings is 1. The fourth-order valence-corrected chi connectivity index (χ4v) is 0.807. The zero-order valence-electron chi connectivity index (χ0n) is 6.45. The molecule has 0 saturated carbocycles. The van der Waals surface area contributed by atoms with Crippen molar-refractivity contribution in [2.45, 2.75) is 13.3 Å². The number of nitrogens with zero attached hydrogens (tertiary/aromatic N) is 2. The van der Waals surface area contributed by atoms with Gasteiger partial charge in [0, 0.05) is 18.3 Å². The molecule has 0 N–H and O–H groups in total. The second-order valence-electron chi connectivity index (χ2n) is 2.43. The molecule has 0 amide bonds. The molecule has 3 heteroatoms. The predicted octanol–water partition coefficient (Wildman–Crippen LogP) is 1.70. The quantitative estimate of drug-likeness (QED) is 0.615. The van der Waals surface area contributed by atoms with E-state index in [1.165, 1.54) is 0 Å². The van der Waals surface area contributed by atoms with Gasteiger partial charge < -0.3 is 0 Å². The standard InChI is InChI=1S/C8H10N2O/c1-7-2-3-8(9-6-7)4-5-10-11/h2-3,6H,4-5H2,1H3. The zero-order valence-corrected chi connectivity index (χ0v) is 6.45. The molecule has 1 aromatic rings. The Morgan fingerprint density at radius 2 is 2.36 bits per heavy atom. The SMILES string of the molecule is Cc1ccc(CCN=O)nc1. The van der Waals surface area contributed by atoms with E-state index in [0.29, 0.717) is 13.0 Å². The molecule has 0 unspecified atom stereocenters. The van der Waals surface area contributed by atoms with E-state index in [9.17, 15) is 4.91 Å². The zero-order chi connectivity index (χ0) is 8.10. The Labute approximate surface area is 65.4 Å². The Hall–Kier alpha value is -1.25. The first-order valence-electron chi connectivity index (χ1n) is 3.53. The molecular formula is C8H10N2O. The fourth-order valence-electron chi connectivity index (χ4n) is 0.807. The third-order valence-corrected chi connectivity index (χ3v) is 1.43. The van der Waals surface area contributed by atoms with Gasteiger partial charge in [0.1, 0.15) is 0 Å². The first-order valence-corrected chi connectivity index (χ1v) is 3.53. The molecule has 0 radical (unpaired) electrons. The fraction of sp³-hybridized carbons (Fsp3) is 0.375. The van der Waals surface area contributed by atoms with E-state index in [1.54, 1.807) is 6.20 Å². The number of hydrogen-bond donors (Lipinski definition) is 0.